The van der Waals surface area contributed by atoms with Crippen molar-refractivity contribution in [1.82, 2.24) is 37.2 Å². The third-order valence-electron chi connectivity index (χ3n) is 19.7. The van der Waals surface area contributed by atoms with E-state index >= 15 is 19.2 Å². The number of ketones is 1. The number of carboxylic acid groups (broad SMARTS) is 1. The van der Waals surface area contributed by atoms with Crippen LogP contribution in [0.2, 0.25) is 10.0 Å². The minimum atomic E-state index is -2.54. The largest absolute Gasteiger partial charge is 0.508 e. The highest BCUT2D eigenvalue weighted by Gasteiger charge is 2.55. The Kier molecular flexibility index (Phi) is 25.2. The molecule has 13 rings (SSSR count). The van der Waals surface area contributed by atoms with E-state index in [4.69, 9.17) is 72.6 Å². The fraction of sp³-hybridized carbons (Fsp3) is 0.458. The van der Waals surface area contributed by atoms with Crippen LogP contribution < -0.4 is 62.9 Å². The summed E-state index contributed by atoms with van der Waals surface area (Å²) < 4.78 is 50.8. The summed E-state index contributed by atoms with van der Waals surface area (Å²) in [4.78, 5) is 133. The number of phenolic OH excluding ortho intramolecular Hbond substituents is 3. The molecule has 11 bridgehead atoms. The van der Waals surface area contributed by atoms with E-state index in [0.29, 0.717) is 0 Å². The number of nitrogens with one attached hydrogen (secondary N) is 7. The quantitative estimate of drug-likeness (QED) is 0.0479. The number of phenols is 3. The van der Waals surface area contributed by atoms with E-state index in [2.05, 4.69) is 37.2 Å². The molecule has 0 unspecified atom stereocenters. The first-order chi connectivity index (χ1) is 52.9. The van der Waals surface area contributed by atoms with Gasteiger partial charge in [-0.3, -0.25) is 38.4 Å². The molecular formula is C72H83Cl2N9O29. The van der Waals surface area contributed by atoms with Gasteiger partial charge in [-0.2, -0.15) is 0 Å². The number of ether oxygens (including phenoxy) is 8. The van der Waals surface area contributed by atoms with E-state index in [1.165, 1.54) is 27.0 Å². The molecular weight excluding hydrogens is 1530 g/mol. The number of likely N-dealkylation sites (N-methyl/N-ethyl adjacent to an activating group) is 1. The first-order valence-electron chi connectivity index (χ1n) is 35.0. The Morgan fingerprint density at radius 2 is 1.26 bits per heavy atom. The van der Waals surface area contributed by atoms with Crippen LogP contribution in [0.5, 0.6) is 46.0 Å². The van der Waals surface area contributed by atoms with E-state index in [-0.39, 0.29) is 24.3 Å². The molecule has 604 valence electrons. The summed E-state index contributed by atoms with van der Waals surface area (Å²) in [5.74, 6) is -18.5. The zero-order valence-corrected chi connectivity index (χ0v) is 61.5. The van der Waals surface area contributed by atoms with Gasteiger partial charge in [-0.15, -0.1) is 0 Å². The van der Waals surface area contributed by atoms with Crippen LogP contribution in [0.3, 0.4) is 0 Å². The Morgan fingerprint density at radius 1 is 0.652 bits per heavy atom. The lowest BCUT2D eigenvalue weighted by Crippen LogP contribution is -2.67. The number of carbonyl (C=O) groups excluding carboxylic acids is 8. The molecule has 7 amide bonds. The van der Waals surface area contributed by atoms with Crippen LogP contribution in [0.25, 0.3) is 11.1 Å². The number of aliphatic carboxylic acids is 1. The Hall–Kier alpha value is -9.69. The number of Topliss-reactive ketones (excluding diaryl/α,β-unsaturated/α-hetero) is 1. The molecule has 5 aromatic carbocycles. The van der Waals surface area contributed by atoms with Crippen molar-refractivity contribution in [1.29, 1.82) is 0 Å². The molecule has 0 saturated carbocycles. The third kappa shape index (κ3) is 17.4. The van der Waals surface area contributed by atoms with Crippen molar-refractivity contribution in [3.63, 3.8) is 0 Å². The minimum absolute atomic E-state index is 0.131. The maximum Gasteiger partial charge on any atom is 0.330 e. The van der Waals surface area contributed by atoms with Crippen LogP contribution in [-0.4, -0.2) is 244 Å². The number of carbonyl (C=O) groups is 9. The standard InChI is InChI=1S/C72H83Cl2N9O29/c1-24(2)12-35(77-5)63(97)82-51-53(90)27-7-10-39(33(73)14-27)106-41-16-29-17-42(59(41)111-71-61(110-46-21-72(4,76)62(96)25(3)105-46)58(95)60(44(23-85)109-71)112-70-57(94)56(93)55(92)43(22-84)108-70)107-40-11-8-28(15-34(40)74)54(91)52-68(102)81-50(69(103)104)32-18-30(86)19-38(88)47(32)31-13-26(6-9-37(31)87)48(65(99)83-52)80-66(100)49(29)79-64(98)36(20-45(75)89)78-67(51)101/h6-11,13-19,24-25,35-36,43-44,46,48-53,55-58,60-62,70-71,77,84-88,90,92-96H,12,20-23,76H2,1-5H3,(H2,75,89)(H,78,101)(H,79,98)(H,80,100)(H,81,102)(H,82,97)(H,83,99)(H,103,104)/t25-,35+,36-,43+,44+,46-,48+,49+,50-,51+,52-,53+,55-,56-,57+,58-,60+,61+,62+,70-,71-,72-/m0/s1. The smallest absolute Gasteiger partial charge is 0.330 e. The first kappa shape index (κ1) is 83.3. The summed E-state index contributed by atoms with van der Waals surface area (Å²) in [6, 6.07) is -2.15. The summed E-state index contributed by atoms with van der Waals surface area (Å²) in [5.41, 5.74) is 7.42. The van der Waals surface area contributed by atoms with Crippen LogP contribution in [0, 0.1) is 5.92 Å². The second-order valence-electron chi connectivity index (χ2n) is 28.4. The topological polar surface area (TPSA) is 606 Å². The van der Waals surface area contributed by atoms with Crippen LogP contribution in [0.4, 0.5) is 0 Å². The van der Waals surface area contributed by atoms with Gasteiger partial charge < -0.3 is 148 Å². The molecule has 0 radical (unpaired) electrons. The number of benzene rings is 5. The van der Waals surface area contributed by atoms with Gasteiger partial charge in [-0.1, -0.05) is 49.2 Å². The molecule has 0 aliphatic carbocycles. The summed E-state index contributed by atoms with van der Waals surface area (Å²) in [6.07, 6.45) is -27.4. The van der Waals surface area contributed by atoms with Crippen LogP contribution in [0.1, 0.15) is 104 Å². The van der Waals surface area contributed by atoms with Crippen LogP contribution >= 0.6 is 23.2 Å². The molecule has 3 fully saturated rings. The molecule has 8 heterocycles. The molecule has 0 aromatic heterocycles. The van der Waals surface area contributed by atoms with Gasteiger partial charge >= 0.3 is 5.97 Å². The van der Waals surface area contributed by atoms with E-state index in [9.17, 15) is 85.3 Å². The zero-order valence-electron chi connectivity index (χ0n) is 60.0. The monoisotopic (exact) mass is 1610 g/mol. The second-order valence-corrected chi connectivity index (χ2v) is 29.2. The molecule has 5 aromatic rings. The fourth-order valence-electron chi connectivity index (χ4n) is 13.9. The van der Waals surface area contributed by atoms with Crippen molar-refractivity contribution in [3.8, 4) is 57.1 Å². The molecule has 40 heteroatoms. The summed E-state index contributed by atoms with van der Waals surface area (Å²) in [5, 5.41) is 151. The van der Waals surface area contributed by atoms with Crippen molar-refractivity contribution in [2.45, 2.75) is 181 Å². The van der Waals surface area contributed by atoms with Gasteiger partial charge in [0.1, 0.15) is 102 Å². The highest BCUT2D eigenvalue weighted by molar-refractivity contribution is 6.33. The number of aromatic hydroxyl groups is 3. The van der Waals surface area contributed by atoms with Crippen molar-refractivity contribution in [2.75, 3.05) is 20.3 Å². The molecule has 23 N–H and O–H groups in total. The lowest BCUT2D eigenvalue weighted by molar-refractivity contribution is -0.369. The number of halogens is 2. The van der Waals surface area contributed by atoms with Gasteiger partial charge in [-0.05, 0) is 111 Å². The Morgan fingerprint density at radius 3 is 1.87 bits per heavy atom. The van der Waals surface area contributed by atoms with Crippen molar-refractivity contribution < 1.29 is 142 Å². The predicted octanol–water partition coefficient (Wildman–Crippen LogP) is -1.92. The summed E-state index contributed by atoms with van der Waals surface area (Å²) >= 11 is 14.2. The molecule has 8 aliphatic rings. The number of aliphatic hydroxyl groups is 8. The minimum Gasteiger partial charge on any atom is -0.508 e. The lowest BCUT2D eigenvalue weighted by atomic mass is 9.86. The number of hydrogen-bond donors (Lipinski definition) is 21. The number of hydrogen-bond acceptors (Lipinski definition) is 30. The van der Waals surface area contributed by atoms with Gasteiger partial charge in [0.05, 0.1) is 47.9 Å². The summed E-state index contributed by atoms with van der Waals surface area (Å²) in [6.45, 7) is 4.42. The number of nitrogens with two attached hydrogens (primary N) is 2. The van der Waals surface area contributed by atoms with Crippen molar-refractivity contribution in [2.24, 2.45) is 17.4 Å². The van der Waals surface area contributed by atoms with Gasteiger partial charge in [0, 0.05) is 40.3 Å². The van der Waals surface area contributed by atoms with Crippen LogP contribution in [0.15, 0.2) is 78.9 Å². The molecule has 0 spiro atoms. The predicted molar refractivity (Wildman–Crippen MR) is 381 cm³/mol. The average molecular weight is 1610 g/mol. The zero-order chi connectivity index (χ0) is 81.5. The van der Waals surface area contributed by atoms with Gasteiger partial charge in [0.25, 0.3) is 5.91 Å². The highest BCUT2D eigenvalue weighted by atomic mass is 35.5. The Balaban J connectivity index is 1.16. The van der Waals surface area contributed by atoms with Crippen molar-refractivity contribution in [3.05, 3.63) is 117 Å². The Bertz CT molecular complexity index is 4480. The lowest BCUT2D eigenvalue weighted by Gasteiger charge is -2.49. The van der Waals surface area contributed by atoms with Crippen molar-refractivity contribution >= 4 is 76.3 Å². The molecule has 38 nitrogen and oxygen atoms in total. The molecule has 22 atom stereocenters. The Labute approximate surface area is 645 Å². The van der Waals surface area contributed by atoms with E-state index in [0.717, 1.165) is 72.8 Å². The first-order valence-corrected chi connectivity index (χ1v) is 35.8. The van der Waals surface area contributed by atoms with E-state index < -0.39 is 296 Å². The molecule has 112 heavy (non-hydrogen) atoms. The highest BCUT2D eigenvalue weighted by Crippen LogP contribution is 2.50. The maximum atomic E-state index is 16.2. The van der Waals surface area contributed by atoms with Gasteiger partial charge in [0.15, 0.2) is 48.0 Å². The number of amides is 7. The SMILES string of the molecule is CN[C@H](CC(C)C)C(=O)N[C@H]1C(=O)N[C@@H](CC(N)=O)C(=O)N[C@H]2C(=O)N[C@H]3C(=O)N[C@H](C(=O)N[C@H](C(=O)O)c4cc(O)cc(O)c4-c4cc3ccc4O)C(=O)c3ccc(c(Cl)c3)Oc3cc2cc(c3O[C@@H]2O[C@H](CO)[C@@H](O[C@@H]3O[C@H](CO)[C@H](O)[C@H](O)[C@H]3O)[C@H](O)[C@H]2O[C@H]2C[C@](C)(N)[C@H](O)[C@H](C)O2)Oc2ccc(cc2Cl)[C@H]1O. The molecule has 8 aliphatic heterocycles. The van der Waals surface area contributed by atoms with E-state index in [1.54, 1.807) is 13.8 Å². The normalized spacial score (nSPS) is 31.2. The fourth-order valence-corrected chi connectivity index (χ4v) is 14.3. The van der Waals surface area contributed by atoms with E-state index in [1.807, 2.05) is 0 Å². The number of rotatable bonds is 16. The summed E-state index contributed by atoms with van der Waals surface area (Å²) in [7, 11) is 1.45. The number of primary amides is 1. The maximum absolute atomic E-state index is 16.2. The number of carboxylic acids is 1. The number of aliphatic hydroxyl groups excluding tert-OH is 8. The third-order valence-corrected chi connectivity index (χ3v) is 20.3. The van der Waals surface area contributed by atoms with Gasteiger partial charge in [-0.25, -0.2) is 4.79 Å². The van der Waals surface area contributed by atoms with Crippen LogP contribution in [-0.2, 0) is 62.0 Å². The second kappa shape index (κ2) is 33.9. The van der Waals surface area contributed by atoms with Gasteiger partial charge in [0.2, 0.25) is 47.5 Å². The average Bonchev–Trinajstić information content (AvgIpc) is 0.762. The molecule has 3 saturated heterocycles. The number of fused-ring (bicyclic) bond motifs is 15.